The van der Waals surface area contributed by atoms with Gasteiger partial charge in [-0.25, -0.2) is 4.98 Å². The van der Waals surface area contributed by atoms with E-state index in [1.807, 2.05) is 0 Å². The lowest BCUT2D eigenvalue weighted by Gasteiger charge is -2.19. The Bertz CT molecular complexity index is 479. The molecule has 3 rings (SSSR count). The maximum atomic E-state index is 5.43. The number of nitrogens with zero attached hydrogens (tertiary/aromatic N) is 3. The Morgan fingerprint density at radius 1 is 1.24 bits per heavy atom. The Morgan fingerprint density at radius 3 is 2.76 bits per heavy atom. The molecule has 0 saturated carbocycles. The van der Waals surface area contributed by atoms with Crippen molar-refractivity contribution in [3.8, 4) is 0 Å². The SMILES string of the molecule is Cc1nc(N2CCCC2)nc(NCC[C@H]2CCOC2)c1C. The van der Waals surface area contributed by atoms with E-state index in [2.05, 4.69) is 29.0 Å². The van der Waals surface area contributed by atoms with Crippen LogP contribution in [0.3, 0.4) is 0 Å². The van der Waals surface area contributed by atoms with Crippen molar-refractivity contribution in [2.75, 3.05) is 43.1 Å². The summed E-state index contributed by atoms with van der Waals surface area (Å²) >= 11 is 0. The fourth-order valence-electron chi connectivity index (χ4n) is 3.05. The smallest absolute Gasteiger partial charge is 0.227 e. The Kier molecular flexibility index (Phi) is 4.58. The van der Waals surface area contributed by atoms with Crippen LogP contribution in [0.5, 0.6) is 0 Å². The first-order chi connectivity index (χ1) is 10.2. The molecule has 0 spiro atoms. The molecule has 2 aliphatic rings. The second kappa shape index (κ2) is 6.60. The minimum absolute atomic E-state index is 0.707. The molecule has 21 heavy (non-hydrogen) atoms. The lowest BCUT2D eigenvalue weighted by atomic mass is 10.1. The maximum absolute atomic E-state index is 5.43. The van der Waals surface area contributed by atoms with E-state index in [4.69, 9.17) is 9.72 Å². The Labute approximate surface area is 127 Å². The molecule has 0 amide bonds. The molecule has 3 heterocycles. The average Bonchev–Trinajstić information content (AvgIpc) is 3.16. The topological polar surface area (TPSA) is 50.3 Å². The Hall–Kier alpha value is -1.36. The van der Waals surface area contributed by atoms with Gasteiger partial charge in [-0.3, -0.25) is 0 Å². The third-order valence-electron chi connectivity index (χ3n) is 4.64. The summed E-state index contributed by atoms with van der Waals surface area (Å²) < 4.78 is 5.43. The van der Waals surface area contributed by atoms with Crippen LogP contribution in [0.4, 0.5) is 11.8 Å². The van der Waals surface area contributed by atoms with Crippen LogP contribution < -0.4 is 10.2 Å². The molecule has 1 aromatic rings. The second-order valence-corrected chi connectivity index (χ2v) is 6.22. The number of nitrogens with one attached hydrogen (secondary N) is 1. The van der Waals surface area contributed by atoms with Crippen molar-refractivity contribution in [2.45, 2.75) is 39.5 Å². The molecular weight excluding hydrogens is 264 g/mol. The van der Waals surface area contributed by atoms with Crippen molar-refractivity contribution < 1.29 is 4.74 Å². The van der Waals surface area contributed by atoms with Crippen LogP contribution in [0.1, 0.15) is 36.9 Å². The van der Waals surface area contributed by atoms with Gasteiger partial charge in [0, 0.05) is 44.1 Å². The fourth-order valence-corrected chi connectivity index (χ4v) is 3.05. The zero-order valence-corrected chi connectivity index (χ0v) is 13.2. The Morgan fingerprint density at radius 2 is 2.05 bits per heavy atom. The van der Waals surface area contributed by atoms with Gasteiger partial charge in [0.25, 0.3) is 0 Å². The number of aromatic nitrogens is 2. The van der Waals surface area contributed by atoms with E-state index in [1.165, 1.54) is 24.8 Å². The van der Waals surface area contributed by atoms with Gasteiger partial charge in [-0.2, -0.15) is 4.98 Å². The summed E-state index contributed by atoms with van der Waals surface area (Å²) in [6, 6.07) is 0. The summed E-state index contributed by atoms with van der Waals surface area (Å²) in [4.78, 5) is 11.7. The number of anilines is 2. The standard InChI is InChI=1S/C16H26N4O/c1-12-13(2)18-16(20-8-3-4-9-20)19-15(12)17-7-5-14-6-10-21-11-14/h14H,3-11H2,1-2H3,(H,17,18,19)/t14-/m0/s1. The number of ether oxygens (including phenoxy) is 1. The molecule has 1 atom stereocenters. The van der Waals surface area contributed by atoms with Crippen LogP contribution in [-0.4, -0.2) is 42.8 Å². The number of hydrogen-bond acceptors (Lipinski definition) is 5. The van der Waals surface area contributed by atoms with Gasteiger partial charge in [0.15, 0.2) is 0 Å². The summed E-state index contributed by atoms with van der Waals surface area (Å²) in [6.07, 6.45) is 4.85. The van der Waals surface area contributed by atoms with Gasteiger partial charge in [0.2, 0.25) is 5.95 Å². The van der Waals surface area contributed by atoms with Gasteiger partial charge in [-0.1, -0.05) is 0 Å². The predicted octanol–water partition coefficient (Wildman–Crippen LogP) is 2.53. The van der Waals surface area contributed by atoms with Gasteiger partial charge in [-0.15, -0.1) is 0 Å². The third kappa shape index (κ3) is 3.46. The summed E-state index contributed by atoms with van der Waals surface area (Å²) in [5.41, 5.74) is 2.25. The monoisotopic (exact) mass is 290 g/mol. The Balaban J connectivity index is 1.64. The van der Waals surface area contributed by atoms with E-state index in [1.54, 1.807) is 0 Å². The molecular formula is C16H26N4O. The molecule has 5 heteroatoms. The van der Waals surface area contributed by atoms with Gasteiger partial charge >= 0.3 is 0 Å². The highest BCUT2D eigenvalue weighted by Gasteiger charge is 2.18. The van der Waals surface area contributed by atoms with Gasteiger partial charge < -0.3 is 15.0 Å². The zero-order valence-electron chi connectivity index (χ0n) is 13.2. The molecule has 0 bridgehead atoms. The van der Waals surface area contributed by atoms with Crippen LogP contribution in [-0.2, 0) is 4.74 Å². The minimum Gasteiger partial charge on any atom is -0.381 e. The third-order valence-corrected chi connectivity index (χ3v) is 4.64. The molecule has 116 valence electrons. The molecule has 0 radical (unpaired) electrons. The molecule has 2 aliphatic heterocycles. The highest BCUT2D eigenvalue weighted by Crippen LogP contribution is 2.23. The van der Waals surface area contributed by atoms with Crippen molar-refractivity contribution >= 4 is 11.8 Å². The maximum Gasteiger partial charge on any atom is 0.227 e. The summed E-state index contributed by atoms with van der Waals surface area (Å²) in [6.45, 7) is 9.15. The number of aryl methyl sites for hydroxylation is 1. The zero-order chi connectivity index (χ0) is 14.7. The normalized spacial score (nSPS) is 22.0. The molecule has 5 nitrogen and oxygen atoms in total. The van der Waals surface area contributed by atoms with Crippen LogP contribution in [0.15, 0.2) is 0 Å². The van der Waals surface area contributed by atoms with Crippen LogP contribution in [0.25, 0.3) is 0 Å². The van der Waals surface area contributed by atoms with Crippen molar-refractivity contribution in [1.82, 2.24) is 9.97 Å². The van der Waals surface area contributed by atoms with Gasteiger partial charge in [0.05, 0.1) is 0 Å². The quantitative estimate of drug-likeness (QED) is 0.903. The predicted molar refractivity (Wildman–Crippen MR) is 85.0 cm³/mol. The first kappa shape index (κ1) is 14.6. The lowest BCUT2D eigenvalue weighted by molar-refractivity contribution is 0.185. The van der Waals surface area contributed by atoms with E-state index >= 15 is 0 Å². The summed E-state index contributed by atoms with van der Waals surface area (Å²) in [5.74, 6) is 2.60. The van der Waals surface area contributed by atoms with Crippen molar-refractivity contribution in [3.63, 3.8) is 0 Å². The van der Waals surface area contributed by atoms with Crippen molar-refractivity contribution in [2.24, 2.45) is 5.92 Å². The van der Waals surface area contributed by atoms with Crippen LogP contribution >= 0.6 is 0 Å². The first-order valence-corrected chi connectivity index (χ1v) is 8.16. The molecule has 1 N–H and O–H groups in total. The molecule has 0 unspecified atom stereocenters. The van der Waals surface area contributed by atoms with Crippen molar-refractivity contribution in [3.05, 3.63) is 11.3 Å². The average molecular weight is 290 g/mol. The fraction of sp³-hybridized carbons (Fsp3) is 0.750. The minimum atomic E-state index is 0.707. The van der Waals surface area contributed by atoms with Crippen LogP contribution in [0, 0.1) is 19.8 Å². The molecule has 1 aromatic heterocycles. The molecule has 2 saturated heterocycles. The highest BCUT2D eigenvalue weighted by molar-refractivity contribution is 5.50. The number of hydrogen-bond donors (Lipinski definition) is 1. The molecule has 2 fully saturated rings. The van der Waals surface area contributed by atoms with E-state index in [9.17, 15) is 0 Å². The first-order valence-electron chi connectivity index (χ1n) is 8.16. The lowest BCUT2D eigenvalue weighted by Crippen LogP contribution is -2.22. The van der Waals surface area contributed by atoms with E-state index in [0.29, 0.717) is 5.92 Å². The van der Waals surface area contributed by atoms with Gasteiger partial charge in [-0.05, 0) is 45.4 Å². The molecule has 0 aliphatic carbocycles. The van der Waals surface area contributed by atoms with Crippen LogP contribution in [0.2, 0.25) is 0 Å². The van der Waals surface area contributed by atoms with E-state index in [-0.39, 0.29) is 0 Å². The highest BCUT2D eigenvalue weighted by atomic mass is 16.5. The van der Waals surface area contributed by atoms with E-state index in [0.717, 1.165) is 56.7 Å². The van der Waals surface area contributed by atoms with Gasteiger partial charge in [0.1, 0.15) is 5.82 Å². The molecule has 0 aromatic carbocycles. The number of rotatable bonds is 5. The summed E-state index contributed by atoms with van der Waals surface area (Å²) in [5, 5.41) is 3.51. The second-order valence-electron chi connectivity index (χ2n) is 6.22. The largest absolute Gasteiger partial charge is 0.381 e. The van der Waals surface area contributed by atoms with E-state index < -0.39 is 0 Å². The van der Waals surface area contributed by atoms with Crippen molar-refractivity contribution in [1.29, 1.82) is 0 Å². The summed E-state index contributed by atoms with van der Waals surface area (Å²) in [7, 11) is 0.